The minimum Gasteiger partial charge on any atom is -0.354 e. The Kier molecular flexibility index (Phi) is 5.76. The van der Waals surface area contributed by atoms with Gasteiger partial charge in [-0.15, -0.1) is 0 Å². The molecule has 1 heterocycles. The van der Waals surface area contributed by atoms with E-state index in [2.05, 4.69) is 10.3 Å². The van der Waals surface area contributed by atoms with Crippen LogP contribution in [0.2, 0.25) is 5.15 Å². The lowest BCUT2D eigenvalue weighted by molar-refractivity contribution is -0.121. The van der Waals surface area contributed by atoms with E-state index in [-0.39, 0.29) is 23.5 Å². The summed E-state index contributed by atoms with van der Waals surface area (Å²) in [7, 11) is 1.58. The van der Waals surface area contributed by atoms with Crippen LogP contribution in [0.3, 0.4) is 0 Å². The van der Waals surface area contributed by atoms with Crippen LogP contribution >= 0.6 is 11.6 Å². The Balaban J connectivity index is 2.55. The van der Waals surface area contributed by atoms with Gasteiger partial charge in [-0.05, 0) is 18.1 Å². The molecule has 0 atom stereocenters. The zero-order valence-electron chi connectivity index (χ0n) is 11.3. The molecule has 1 rings (SSSR count). The van der Waals surface area contributed by atoms with Crippen LogP contribution in [0, 0.1) is 5.92 Å². The zero-order chi connectivity index (χ0) is 14.4. The van der Waals surface area contributed by atoms with Crippen LogP contribution < -0.4 is 5.32 Å². The SMILES string of the molecule is CC(C)CNC(=O)CN(C)C(=O)c1ccnc(Cl)c1. The molecule has 5 nitrogen and oxygen atoms in total. The van der Waals surface area contributed by atoms with Crippen LogP contribution in [0.5, 0.6) is 0 Å². The van der Waals surface area contributed by atoms with Crippen molar-refractivity contribution in [3.05, 3.63) is 29.0 Å². The van der Waals surface area contributed by atoms with Crippen molar-refractivity contribution < 1.29 is 9.59 Å². The molecule has 0 aromatic carbocycles. The lowest BCUT2D eigenvalue weighted by Crippen LogP contribution is -2.39. The summed E-state index contributed by atoms with van der Waals surface area (Å²) in [4.78, 5) is 28.8. The molecule has 0 saturated carbocycles. The molecule has 1 aromatic rings. The average molecular weight is 284 g/mol. The first kappa shape index (κ1) is 15.4. The maximum atomic E-state index is 12.0. The highest BCUT2D eigenvalue weighted by atomic mass is 35.5. The Morgan fingerprint density at radius 2 is 2.16 bits per heavy atom. The van der Waals surface area contributed by atoms with E-state index in [4.69, 9.17) is 11.6 Å². The summed E-state index contributed by atoms with van der Waals surface area (Å²) in [5, 5.41) is 3.01. The first-order valence-electron chi connectivity index (χ1n) is 6.04. The summed E-state index contributed by atoms with van der Waals surface area (Å²) < 4.78 is 0. The predicted molar refractivity (Wildman–Crippen MR) is 74.1 cm³/mol. The van der Waals surface area contributed by atoms with Gasteiger partial charge in [0.05, 0.1) is 6.54 Å². The minimum absolute atomic E-state index is 0.0193. The van der Waals surface area contributed by atoms with Gasteiger partial charge in [0.25, 0.3) is 5.91 Å². The highest BCUT2D eigenvalue weighted by Crippen LogP contribution is 2.09. The van der Waals surface area contributed by atoms with E-state index in [1.54, 1.807) is 13.1 Å². The topological polar surface area (TPSA) is 62.3 Å². The molecular formula is C13H18ClN3O2. The first-order valence-corrected chi connectivity index (χ1v) is 6.41. The third-order valence-electron chi connectivity index (χ3n) is 2.41. The summed E-state index contributed by atoms with van der Waals surface area (Å²) in [5.41, 5.74) is 0.416. The Labute approximate surface area is 118 Å². The van der Waals surface area contributed by atoms with Gasteiger partial charge in [0.15, 0.2) is 0 Å². The summed E-state index contributed by atoms with van der Waals surface area (Å²) in [6.07, 6.45) is 1.46. The zero-order valence-corrected chi connectivity index (χ0v) is 12.1. The van der Waals surface area contributed by atoms with E-state index in [0.29, 0.717) is 18.0 Å². The Morgan fingerprint density at radius 3 is 2.74 bits per heavy atom. The molecule has 0 aliphatic heterocycles. The van der Waals surface area contributed by atoms with E-state index in [1.165, 1.54) is 17.2 Å². The quantitative estimate of drug-likeness (QED) is 0.835. The summed E-state index contributed by atoms with van der Waals surface area (Å²) >= 11 is 5.72. The largest absolute Gasteiger partial charge is 0.354 e. The molecule has 19 heavy (non-hydrogen) atoms. The summed E-state index contributed by atoms with van der Waals surface area (Å²) in [5.74, 6) is -0.0577. The third-order valence-corrected chi connectivity index (χ3v) is 2.62. The van der Waals surface area contributed by atoms with Gasteiger partial charge in [-0.2, -0.15) is 0 Å². The first-order chi connectivity index (χ1) is 8.90. The number of rotatable bonds is 5. The lowest BCUT2D eigenvalue weighted by Gasteiger charge is -2.17. The number of carbonyl (C=O) groups excluding carboxylic acids is 2. The second-order valence-electron chi connectivity index (χ2n) is 4.73. The van der Waals surface area contributed by atoms with Gasteiger partial charge in [0, 0.05) is 25.4 Å². The molecule has 104 valence electrons. The van der Waals surface area contributed by atoms with Crippen LogP contribution in [-0.4, -0.2) is 41.8 Å². The van der Waals surface area contributed by atoms with E-state index in [9.17, 15) is 9.59 Å². The number of amides is 2. The fourth-order valence-electron chi connectivity index (χ4n) is 1.42. The Morgan fingerprint density at radius 1 is 1.47 bits per heavy atom. The molecule has 0 radical (unpaired) electrons. The lowest BCUT2D eigenvalue weighted by atomic mass is 10.2. The highest BCUT2D eigenvalue weighted by molar-refractivity contribution is 6.29. The van der Waals surface area contributed by atoms with Crippen LogP contribution in [-0.2, 0) is 4.79 Å². The van der Waals surface area contributed by atoms with Crippen LogP contribution in [0.25, 0.3) is 0 Å². The van der Waals surface area contributed by atoms with Gasteiger partial charge in [0.2, 0.25) is 5.91 Å². The second-order valence-corrected chi connectivity index (χ2v) is 5.11. The monoisotopic (exact) mass is 283 g/mol. The van der Waals surface area contributed by atoms with Crippen molar-refractivity contribution in [1.82, 2.24) is 15.2 Å². The molecule has 0 unspecified atom stereocenters. The van der Waals surface area contributed by atoms with E-state index in [0.717, 1.165) is 0 Å². The third kappa shape index (κ3) is 5.26. The van der Waals surface area contributed by atoms with Crippen LogP contribution in [0.4, 0.5) is 0 Å². The highest BCUT2D eigenvalue weighted by Gasteiger charge is 2.15. The number of nitrogens with zero attached hydrogens (tertiary/aromatic N) is 2. The number of likely N-dealkylation sites (N-methyl/N-ethyl adjacent to an activating group) is 1. The minimum atomic E-state index is -0.260. The van der Waals surface area contributed by atoms with Gasteiger partial charge < -0.3 is 10.2 Å². The van der Waals surface area contributed by atoms with Crippen molar-refractivity contribution in [1.29, 1.82) is 0 Å². The van der Waals surface area contributed by atoms with Gasteiger partial charge >= 0.3 is 0 Å². The standard InChI is InChI=1S/C13H18ClN3O2/c1-9(2)7-16-12(18)8-17(3)13(19)10-4-5-15-11(14)6-10/h4-6,9H,7-8H2,1-3H3,(H,16,18). The van der Waals surface area contributed by atoms with Crippen LogP contribution in [0.15, 0.2) is 18.3 Å². The van der Waals surface area contributed by atoms with Crippen molar-refractivity contribution in [3.63, 3.8) is 0 Å². The molecule has 0 aliphatic carbocycles. The fraction of sp³-hybridized carbons (Fsp3) is 0.462. The molecule has 2 amide bonds. The molecule has 1 aromatic heterocycles. The molecule has 0 spiro atoms. The normalized spacial score (nSPS) is 10.4. The van der Waals surface area contributed by atoms with Gasteiger partial charge in [0.1, 0.15) is 5.15 Å². The number of nitrogens with one attached hydrogen (secondary N) is 1. The van der Waals surface area contributed by atoms with Crippen molar-refractivity contribution in [3.8, 4) is 0 Å². The van der Waals surface area contributed by atoms with Crippen LogP contribution in [0.1, 0.15) is 24.2 Å². The van der Waals surface area contributed by atoms with Crippen molar-refractivity contribution in [2.75, 3.05) is 20.1 Å². The van der Waals surface area contributed by atoms with Gasteiger partial charge in [-0.25, -0.2) is 4.98 Å². The van der Waals surface area contributed by atoms with E-state index in [1.807, 2.05) is 13.8 Å². The molecule has 1 N–H and O–H groups in total. The number of aromatic nitrogens is 1. The molecule has 0 aliphatic rings. The molecular weight excluding hydrogens is 266 g/mol. The molecule has 0 fully saturated rings. The second kappa shape index (κ2) is 7.09. The summed E-state index contributed by atoms with van der Waals surface area (Å²) in [6.45, 7) is 4.63. The number of carbonyl (C=O) groups is 2. The molecule has 0 saturated heterocycles. The Hall–Kier alpha value is -1.62. The average Bonchev–Trinajstić information content (AvgIpc) is 2.35. The molecule has 6 heteroatoms. The van der Waals surface area contributed by atoms with Crippen molar-refractivity contribution in [2.24, 2.45) is 5.92 Å². The number of halogens is 1. The van der Waals surface area contributed by atoms with E-state index >= 15 is 0 Å². The van der Waals surface area contributed by atoms with Gasteiger partial charge in [-0.3, -0.25) is 9.59 Å². The van der Waals surface area contributed by atoms with E-state index < -0.39 is 0 Å². The smallest absolute Gasteiger partial charge is 0.254 e. The molecule has 0 bridgehead atoms. The number of hydrogen-bond acceptors (Lipinski definition) is 3. The maximum absolute atomic E-state index is 12.0. The Bertz CT molecular complexity index is 463. The van der Waals surface area contributed by atoms with Crippen molar-refractivity contribution >= 4 is 23.4 Å². The predicted octanol–water partition coefficient (Wildman–Crippen LogP) is 1.58. The summed E-state index contributed by atoms with van der Waals surface area (Å²) in [6, 6.07) is 3.04. The number of pyridine rings is 1. The maximum Gasteiger partial charge on any atom is 0.254 e. The van der Waals surface area contributed by atoms with Crippen molar-refractivity contribution in [2.45, 2.75) is 13.8 Å². The van der Waals surface area contributed by atoms with Gasteiger partial charge in [-0.1, -0.05) is 25.4 Å². The number of hydrogen-bond donors (Lipinski definition) is 1. The fourth-order valence-corrected chi connectivity index (χ4v) is 1.59.